The average Bonchev–Trinajstić information content (AvgIpc) is 2.39. The van der Waals surface area contributed by atoms with Crippen LogP contribution in [0.1, 0.15) is 24.2 Å². The molecule has 4 nitrogen and oxygen atoms in total. The van der Waals surface area contributed by atoms with Gasteiger partial charge in [-0.25, -0.2) is 4.79 Å². The Morgan fingerprint density at radius 3 is 2.74 bits per heavy atom. The van der Waals surface area contributed by atoms with Gasteiger partial charge >= 0.3 is 5.97 Å². The monoisotopic (exact) mass is 301 g/mol. The lowest BCUT2D eigenvalue weighted by atomic mass is 10.2. The Bertz CT molecular complexity index is 479. The van der Waals surface area contributed by atoms with Crippen molar-refractivity contribution < 1.29 is 14.3 Å². The first kappa shape index (κ1) is 15.9. The fourth-order valence-electron chi connectivity index (χ4n) is 1.38. The van der Waals surface area contributed by atoms with Crippen molar-refractivity contribution in [2.75, 3.05) is 12.8 Å². The summed E-state index contributed by atoms with van der Waals surface area (Å²) in [4.78, 5) is 24.4. The lowest BCUT2D eigenvalue weighted by Crippen LogP contribution is -2.35. The van der Waals surface area contributed by atoms with Gasteiger partial charge in [0.1, 0.15) is 0 Å². The normalized spacial score (nSPS) is 11.8. The number of thioether (sulfide) groups is 1. The van der Waals surface area contributed by atoms with Crippen molar-refractivity contribution in [2.24, 2.45) is 0 Å². The van der Waals surface area contributed by atoms with E-state index in [9.17, 15) is 9.59 Å². The van der Waals surface area contributed by atoms with E-state index in [0.717, 1.165) is 4.90 Å². The van der Waals surface area contributed by atoms with E-state index in [0.29, 0.717) is 11.6 Å². The standard InChI is InChI=1S/C13H16ClNO3S/c1-4-15-12(16)8(2)18-13(17)10-7-9(19-3)5-6-11(10)14/h5-8H,4H2,1-3H3,(H,15,16)/t8-/m1/s1. The van der Waals surface area contributed by atoms with Crippen molar-refractivity contribution in [3.05, 3.63) is 28.8 Å². The van der Waals surface area contributed by atoms with Crippen LogP contribution in [0.5, 0.6) is 0 Å². The molecule has 0 saturated carbocycles. The summed E-state index contributed by atoms with van der Waals surface area (Å²) in [6.45, 7) is 3.81. The molecule has 1 atom stereocenters. The molecule has 0 aliphatic carbocycles. The summed E-state index contributed by atoms with van der Waals surface area (Å²) in [5, 5.41) is 2.90. The average molecular weight is 302 g/mol. The molecule has 1 aromatic rings. The summed E-state index contributed by atoms with van der Waals surface area (Å²) in [6, 6.07) is 5.11. The van der Waals surface area contributed by atoms with E-state index in [2.05, 4.69) is 5.32 Å². The molecule has 1 aromatic carbocycles. The molecular weight excluding hydrogens is 286 g/mol. The zero-order valence-corrected chi connectivity index (χ0v) is 12.6. The minimum Gasteiger partial charge on any atom is -0.449 e. The number of amides is 1. The van der Waals surface area contributed by atoms with Crippen LogP contribution in [-0.4, -0.2) is 30.8 Å². The summed E-state index contributed by atoms with van der Waals surface area (Å²) in [7, 11) is 0. The van der Waals surface area contributed by atoms with E-state index in [1.165, 1.54) is 18.7 Å². The number of nitrogens with one attached hydrogen (secondary N) is 1. The molecule has 1 amide bonds. The molecule has 1 N–H and O–H groups in total. The summed E-state index contributed by atoms with van der Waals surface area (Å²) in [5.41, 5.74) is 0.268. The van der Waals surface area contributed by atoms with Crippen LogP contribution in [0.15, 0.2) is 23.1 Å². The lowest BCUT2D eigenvalue weighted by Gasteiger charge is -2.13. The molecule has 0 spiro atoms. The molecular formula is C13H16ClNO3S. The van der Waals surface area contributed by atoms with Gasteiger partial charge in [-0.05, 0) is 38.3 Å². The number of hydrogen-bond donors (Lipinski definition) is 1. The van der Waals surface area contributed by atoms with Crippen molar-refractivity contribution in [1.29, 1.82) is 0 Å². The molecule has 0 unspecified atom stereocenters. The van der Waals surface area contributed by atoms with Crippen molar-refractivity contribution in [3.63, 3.8) is 0 Å². The molecule has 0 radical (unpaired) electrons. The highest BCUT2D eigenvalue weighted by Crippen LogP contribution is 2.23. The van der Waals surface area contributed by atoms with Crippen LogP contribution in [0.4, 0.5) is 0 Å². The van der Waals surface area contributed by atoms with E-state index in [4.69, 9.17) is 16.3 Å². The Labute approximate surface area is 121 Å². The number of carbonyl (C=O) groups excluding carboxylic acids is 2. The number of carbonyl (C=O) groups is 2. The Balaban J connectivity index is 2.80. The van der Waals surface area contributed by atoms with Gasteiger partial charge in [0.05, 0.1) is 10.6 Å². The molecule has 1 rings (SSSR count). The molecule has 0 fully saturated rings. The molecule has 0 saturated heterocycles. The van der Waals surface area contributed by atoms with Gasteiger partial charge in [-0.2, -0.15) is 0 Å². The number of esters is 1. The number of rotatable bonds is 5. The Morgan fingerprint density at radius 1 is 1.47 bits per heavy atom. The number of hydrogen-bond acceptors (Lipinski definition) is 4. The van der Waals surface area contributed by atoms with Crippen molar-refractivity contribution in [2.45, 2.75) is 24.8 Å². The van der Waals surface area contributed by atoms with Crippen LogP contribution >= 0.6 is 23.4 Å². The topological polar surface area (TPSA) is 55.4 Å². The first-order chi connectivity index (χ1) is 8.99. The first-order valence-corrected chi connectivity index (χ1v) is 7.42. The van der Waals surface area contributed by atoms with E-state index in [1.807, 2.05) is 12.3 Å². The van der Waals surface area contributed by atoms with Gasteiger partial charge in [-0.1, -0.05) is 11.6 Å². The molecule has 19 heavy (non-hydrogen) atoms. The maximum absolute atomic E-state index is 12.0. The quantitative estimate of drug-likeness (QED) is 0.671. The fraction of sp³-hybridized carbons (Fsp3) is 0.385. The second-order valence-corrected chi connectivity index (χ2v) is 5.07. The summed E-state index contributed by atoms with van der Waals surface area (Å²) in [6.07, 6.45) is 1.05. The number of likely N-dealkylation sites (N-methyl/N-ethyl adjacent to an activating group) is 1. The van der Waals surface area contributed by atoms with Gasteiger partial charge in [0, 0.05) is 11.4 Å². The highest BCUT2D eigenvalue weighted by molar-refractivity contribution is 7.98. The van der Waals surface area contributed by atoms with Gasteiger partial charge in [-0.3, -0.25) is 4.79 Å². The third-order valence-corrected chi connectivity index (χ3v) is 3.45. The molecule has 0 aromatic heterocycles. The fourth-order valence-corrected chi connectivity index (χ4v) is 2.02. The van der Waals surface area contributed by atoms with Crippen molar-refractivity contribution >= 4 is 35.2 Å². The van der Waals surface area contributed by atoms with E-state index in [-0.39, 0.29) is 11.5 Å². The van der Waals surface area contributed by atoms with Crippen LogP contribution in [0, 0.1) is 0 Å². The Kier molecular flexibility index (Phi) is 6.18. The predicted molar refractivity (Wildman–Crippen MR) is 76.8 cm³/mol. The molecule has 0 aliphatic rings. The maximum Gasteiger partial charge on any atom is 0.340 e. The van der Waals surface area contributed by atoms with Crippen molar-refractivity contribution in [1.82, 2.24) is 5.32 Å². The van der Waals surface area contributed by atoms with Crippen LogP contribution < -0.4 is 5.32 Å². The third kappa shape index (κ3) is 4.44. The highest BCUT2D eigenvalue weighted by Gasteiger charge is 2.20. The molecule has 0 aliphatic heterocycles. The van der Waals surface area contributed by atoms with Crippen molar-refractivity contribution in [3.8, 4) is 0 Å². The smallest absolute Gasteiger partial charge is 0.340 e. The van der Waals surface area contributed by atoms with Crippen LogP contribution in [-0.2, 0) is 9.53 Å². The van der Waals surface area contributed by atoms with E-state index in [1.54, 1.807) is 19.1 Å². The zero-order chi connectivity index (χ0) is 14.4. The second-order valence-electron chi connectivity index (χ2n) is 3.79. The second kappa shape index (κ2) is 7.40. The van der Waals surface area contributed by atoms with Crippen LogP contribution in [0.3, 0.4) is 0 Å². The van der Waals surface area contributed by atoms with Crippen LogP contribution in [0.2, 0.25) is 5.02 Å². The number of halogens is 1. The lowest BCUT2D eigenvalue weighted by molar-refractivity contribution is -0.128. The number of ether oxygens (including phenoxy) is 1. The predicted octanol–water partition coefficient (Wildman–Crippen LogP) is 2.74. The maximum atomic E-state index is 12.0. The molecule has 6 heteroatoms. The molecule has 0 bridgehead atoms. The summed E-state index contributed by atoms with van der Waals surface area (Å²) >= 11 is 7.46. The minimum atomic E-state index is -0.846. The van der Waals surface area contributed by atoms with Gasteiger partial charge in [-0.15, -0.1) is 11.8 Å². The van der Waals surface area contributed by atoms with Crippen LogP contribution in [0.25, 0.3) is 0 Å². The van der Waals surface area contributed by atoms with Gasteiger partial charge in [0.2, 0.25) is 0 Å². The third-order valence-electron chi connectivity index (χ3n) is 2.40. The number of benzene rings is 1. The minimum absolute atomic E-state index is 0.268. The first-order valence-electron chi connectivity index (χ1n) is 5.81. The SMILES string of the molecule is CCNC(=O)[C@@H](C)OC(=O)c1cc(SC)ccc1Cl. The summed E-state index contributed by atoms with van der Waals surface area (Å²) in [5.74, 6) is -0.923. The Hall–Kier alpha value is -1.20. The van der Waals surface area contributed by atoms with E-state index < -0.39 is 12.1 Å². The van der Waals surface area contributed by atoms with E-state index >= 15 is 0 Å². The highest BCUT2D eigenvalue weighted by atomic mass is 35.5. The van der Waals surface area contributed by atoms with Gasteiger partial charge in [0.15, 0.2) is 6.10 Å². The van der Waals surface area contributed by atoms with Gasteiger partial charge in [0.25, 0.3) is 5.91 Å². The van der Waals surface area contributed by atoms with Gasteiger partial charge < -0.3 is 10.1 Å². The molecule has 0 heterocycles. The zero-order valence-electron chi connectivity index (χ0n) is 11.0. The largest absolute Gasteiger partial charge is 0.449 e. The Morgan fingerprint density at radius 2 is 2.16 bits per heavy atom. The molecule has 104 valence electrons. The summed E-state index contributed by atoms with van der Waals surface area (Å²) < 4.78 is 5.09.